The van der Waals surface area contributed by atoms with Gasteiger partial charge in [0, 0.05) is 25.8 Å². The summed E-state index contributed by atoms with van der Waals surface area (Å²) in [7, 11) is -0.868. The number of sulfonamides is 1. The smallest absolute Gasteiger partial charge is 0.264 e. The lowest BCUT2D eigenvalue weighted by Crippen LogP contribution is -2.27. The number of ether oxygens (including phenoxy) is 2. The molecule has 3 rings (SSSR count). The second-order valence-electron chi connectivity index (χ2n) is 7.31. The molecule has 1 N–H and O–H groups in total. The average molecular weight is 469 g/mol. The van der Waals surface area contributed by atoms with Crippen molar-refractivity contribution in [2.75, 3.05) is 25.1 Å². The number of hydrogen-bond acceptors (Lipinski definition) is 5. The van der Waals surface area contributed by atoms with Gasteiger partial charge in [0.05, 0.1) is 24.3 Å². The topological polar surface area (TPSA) is 84.9 Å². The number of benzene rings is 3. The number of methoxy groups -OCH3 is 1. The van der Waals surface area contributed by atoms with Crippen LogP contribution in [0.4, 0.5) is 5.69 Å². The van der Waals surface area contributed by atoms with Crippen molar-refractivity contribution in [2.24, 2.45) is 0 Å². The average Bonchev–Trinajstić information content (AvgIpc) is 2.86. The third kappa shape index (κ3) is 5.91. The number of rotatable bonds is 10. The second-order valence-corrected chi connectivity index (χ2v) is 9.27. The van der Waals surface area contributed by atoms with Crippen LogP contribution in [-0.4, -0.2) is 35.1 Å². The van der Waals surface area contributed by atoms with Gasteiger partial charge in [0.15, 0.2) is 0 Å². The van der Waals surface area contributed by atoms with E-state index in [1.54, 1.807) is 24.3 Å². The van der Waals surface area contributed by atoms with E-state index in [4.69, 9.17) is 9.47 Å². The van der Waals surface area contributed by atoms with Crippen molar-refractivity contribution in [1.29, 1.82) is 0 Å². The lowest BCUT2D eigenvalue weighted by molar-refractivity contribution is 0.0950. The number of carbonyl (C=O) groups excluding carboxylic acids is 1. The first kappa shape index (κ1) is 24.3. The van der Waals surface area contributed by atoms with Crippen molar-refractivity contribution < 1.29 is 22.7 Å². The molecule has 0 aliphatic heterocycles. The Labute approximate surface area is 195 Å². The van der Waals surface area contributed by atoms with Gasteiger partial charge in [0.2, 0.25) is 0 Å². The summed E-state index contributed by atoms with van der Waals surface area (Å²) in [5, 5.41) is 2.85. The van der Waals surface area contributed by atoms with Crippen LogP contribution < -0.4 is 14.4 Å². The van der Waals surface area contributed by atoms with Crippen LogP contribution in [0.3, 0.4) is 0 Å². The van der Waals surface area contributed by atoms with Gasteiger partial charge in [-0.05, 0) is 54.4 Å². The van der Waals surface area contributed by atoms with E-state index in [2.05, 4.69) is 5.32 Å². The van der Waals surface area contributed by atoms with Crippen LogP contribution in [-0.2, 0) is 27.9 Å². The fourth-order valence-corrected chi connectivity index (χ4v) is 4.42. The molecule has 3 aromatic carbocycles. The molecule has 0 bridgehead atoms. The Morgan fingerprint density at radius 1 is 0.939 bits per heavy atom. The van der Waals surface area contributed by atoms with Crippen LogP contribution >= 0.6 is 0 Å². The highest BCUT2D eigenvalue weighted by molar-refractivity contribution is 7.92. The summed E-state index contributed by atoms with van der Waals surface area (Å²) in [6.07, 6.45) is 0. The number of hydrogen-bond donors (Lipinski definition) is 1. The molecule has 0 heterocycles. The summed E-state index contributed by atoms with van der Waals surface area (Å²) >= 11 is 0. The molecule has 0 saturated heterocycles. The second kappa shape index (κ2) is 11.0. The minimum atomic E-state index is -3.82. The van der Waals surface area contributed by atoms with Gasteiger partial charge in [-0.15, -0.1) is 0 Å². The van der Waals surface area contributed by atoms with Crippen LogP contribution in [0.2, 0.25) is 0 Å². The van der Waals surface area contributed by atoms with Gasteiger partial charge in [0.1, 0.15) is 5.75 Å². The van der Waals surface area contributed by atoms with Gasteiger partial charge in [-0.2, -0.15) is 0 Å². The molecule has 0 unspecified atom stereocenters. The molecule has 0 spiro atoms. The predicted octanol–water partition coefficient (Wildman–Crippen LogP) is 3.99. The Morgan fingerprint density at radius 3 is 2.21 bits per heavy atom. The van der Waals surface area contributed by atoms with Gasteiger partial charge < -0.3 is 14.8 Å². The van der Waals surface area contributed by atoms with Gasteiger partial charge in [-0.3, -0.25) is 9.10 Å². The molecule has 0 aromatic heterocycles. The van der Waals surface area contributed by atoms with E-state index in [9.17, 15) is 13.2 Å². The van der Waals surface area contributed by atoms with E-state index in [1.165, 1.54) is 38.4 Å². The molecule has 0 atom stereocenters. The fraction of sp³-hybridized carbons (Fsp3) is 0.240. The van der Waals surface area contributed by atoms with Crippen molar-refractivity contribution >= 4 is 21.6 Å². The van der Waals surface area contributed by atoms with E-state index in [1.807, 2.05) is 31.2 Å². The molecule has 7 nitrogen and oxygen atoms in total. The molecule has 0 fully saturated rings. The summed E-state index contributed by atoms with van der Waals surface area (Å²) in [5.74, 6) is 0.168. The van der Waals surface area contributed by atoms with E-state index in [0.717, 1.165) is 15.4 Å². The maximum absolute atomic E-state index is 13.0. The lowest BCUT2D eigenvalue weighted by atomic mass is 10.1. The quantitative estimate of drug-likeness (QED) is 0.486. The molecule has 0 aliphatic rings. The standard InChI is InChI=1S/C25H28N2O5S/c1-4-32-18-20-11-9-19(10-12-20)17-26-25(28)21-13-15-22(16-14-21)33(29,30)27(2)23-7-5-6-8-24(23)31-3/h5-16H,4,17-18H2,1-3H3,(H,26,28). The summed E-state index contributed by atoms with van der Waals surface area (Å²) in [4.78, 5) is 12.6. The number of carbonyl (C=O) groups is 1. The van der Waals surface area contributed by atoms with E-state index < -0.39 is 10.0 Å². The third-order valence-corrected chi connectivity index (χ3v) is 6.93. The Hall–Kier alpha value is -3.36. The normalized spacial score (nSPS) is 11.1. The maximum atomic E-state index is 13.0. The van der Waals surface area contributed by atoms with Gasteiger partial charge in [0.25, 0.3) is 15.9 Å². The van der Waals surface area contributed by atoms with Gasteiger partial charge in [-0.25, -0.2) is 8.42 Å². The van der Waals surface area contributed by atoms with E-state index in [-0.39, 0.29) is 10.8 Å². The van der Waals surface area contributed by atoms with Crippen molar-refractivity contribution in [2.45, 2.75) is 25.0 Å². The van der Waals surface area contributed by atoms with Gasteiger partial charge in [-0.1, -0.05) is 36.4 Å². The van der Waals surface area contributed by atoms with Crippen molar-refractivity contribution in [3.63, 3.8) is 0 Å². The fourth-order valence-electron chi connectivity index (χ4n) is 3.21. The van der Waals surface area contributed by atoms with Gasteiger partial charge >= 0.3 is 0 Å². The first-order valence-corrected chi connectivity index (χ1v) is 12.0. The first-order valence-electron chi connectivity index (χ1n) is 10.5. The zero-order valence-corrected chi connectivity index (χ0v) is 19.8. The molecule has 0 radical (unpaired) electrons. The lowest BCUT2D eigenvalue weighted by Gasteiger charge is -2.21. The third-order valence-electron chi connectivity index (χ3n) is 5.15. The SMILES string of the molecule is CCOCc1ccc(CNC(=O)c2ccc(S(=O)(=O)N(C)c3ccccc3OC)cc2)cc1. The number of amides is 1. The van der Waals surface area contributed by atoms with Crippen LogP contribution in [0.25, 0.3) is 0 Å². The monoisotopic (exact) mass is 468 g/mol. The molecule has 1 amide bonds. The van der Waals surface area contributed by atoms with Crippen molar-refractivity contribution in [3.8, 4) is 5.75 Å². The summed E-state index contributed by atoms with van der Waals surface area (Å²) in [5.41, 5.74) is 2.83. The molecule has 8 heteroatoms. The molecular weight excluding hydrogens is 440 g/mol. The number of nitrogens with zero attached hydrogens (tertiary/aromatic N) is 1. The molecule has 3 aromatic rings. The van der Waals surface area contributed by atoms with Crippen LogP contribution in [0.1, 0.15) is 28.4 Å². The molecule has 0 saturated carbocycles. The zero-order valence-electron chi connectivity index (χ0n) is 18.9. The molecule has 0 aliphatic carbocycles. The minimum absolute atomic E-state index is 0.0809. The highest BCUT2D eigenvalue weighted by Gasteiger charge is 2.23. The summed E-state index contributed by atoms with van der Waals surface area (Å²) in [6.45, 7) is 3.54. The molecule has 174 valence electrons. The van der Waals surface area contributed by atoms with E-state index in [0.29, 0.717) is 36.8 Å². The van der Waals surface area contributed by atoms with Crippen LogP contribution in [0.5, 0.6) is 5.75 Å². The minimum Gasteiger partial charge on any atom is -0.495 e. The molecule has 33 heavy (non-hydrogen) atoms. The first-order chi connectivity index (χ1) is 15.9. The summed E-state index contributed by atoms with van der Waals surface area (Å²) < 4.78 is 37.9. The largest absolute Gasteiger partial charge is 0.495 e. The van der Waals surface area contributed by atoms with Crippen molar-refractivity contribution in [3.05, 3.63) is 89.5 Å². The zero-order chi connectivity index (χ0) is 23.8. The highest BCUT2D eigenvalue weighted by atomic mass is 32.2. The number of anilines is 1. The Morgan fingerprint density at radius 2 is 1.58 bits per heavy atom. The highest BCUT2D eigenvalue weighted by Crippen LogP contribution is 2.30. The number of nitrogens with one attached hydrogen (secondary N) is 1. The Balaban J connectivity index is 1.65. The van der Waals surface area contributed by atoms with Crippen LogP contribution in [0.15, 0.2) is 77.7 Å². The van der Waals surface area contributed by atoms with E-state index >= 15 is 0 Å². The summed E-state index contributed by atoms with van der Waals surface area (Å²) in [6, 6.07) is 20.6. The predicted molar refractivity (Wildman–Crippen MR) is 128 cm³/mol. The molecular formula is C25H28N2O5S. The van der Waals surface area contributed by atoms with Crippen molar-refractivity contribution in [1.82, 2.24) is 5.32 Å². The Kier molecular flexibility index (Phi) is 8.08. The number of para-hydroxylation sites is 2. The Bertz CT molecular complexity index is 1180. The van der Waals surface area contributed by atoms with Crippen LogP contribution in [0, 0.1) is 0 Å². The maximum Gasteiger partial charge on any atom is 0.264 e.